The molecule has 2 aromatic carbocycles. The van der Waals surface area contributed by atoms with Crippen LogP contribution < -0.4 is 10.1 Å². The molecule has 0 radical (unpaired) electrons. The van der Waals surface area contributed by atoms with Crippen LogP contribution in [0.15, 0.2) is 46.9 Å². The van der Waals surface area contributed by atoms with E-state index in [-0.39, 0.29) is 24.3 Å². The largest absolute Gasteiger partial charge is 0.496 e. The van der Waals surface area contributed by atoms with Gasteiger partial charge in [-0.25, -0.2) is 4.39 Å². The van der Waals surface area contributed by atoms with Crippen LogP contribution in [0.4, 0.5) is 4.39 Å². The number of hydrogen-bond acceptors (Lipinski definition) is 4. The highest BCUT2D eigenvalue weighted by Crippen LogP contribution is 2.26. The van der Waals surface area contributed by atoms with E-state index >= 15 is 0 Å². The minimum atomic E-state index is -0.203. The fourth-order valence-corrected chi connectivity index (χ4v) is 3.79. The standard InChI is InChI=1S/C20H24BrFN2O2.ClH/c1-25-20-7-2-15(12-18(20)21)13-23-14-19(24-8-10-26-11-9-24)16-3-5-17(22)6-4-16;/h2-7,12,19,23H,8-11,13-14H2,1H3;1H. The van der Waals surface area contributed by atoms with Crippen LogP contribution in [0.25, 0.3) is 0 Å². The first-order chi connectivity index (χ1) is 12.7. The molecule has 0 spiro atoms. The van der Waals surface area contributed by atoms with Crippen LogP contribution in [0.1, 0.15) is 17.2 Å². The predicted octanol–water partition coefficient (Wildman–Crippen LogP) is 4.18. The average Bonchev–Trinajstić information content (AvgIpc) is 2.67. The van der Waals surface area contributed by atoms with Crippen molar-refractivity contribution in [3.8, 4) is 5.75 Å². The molecular formula is C20H25BrClFN2O2. The maximum atomic E-state index is 13.3. The second kappa shape index (κ2) is 11.0. The minimum absolute atomic E-state index is 0. The Balaban J connectivity index is 0.00000261. The maximum Gasteiger partial charge on any atom is 0.133 e. The molecule has 1 N–H and O–H groups in total. The first kappa shape index (κ1) is 22.1. The van der Waals surface area contributed by atoms with Crippen molar-refractivity contribution in [1.29, 1.82) is 0 Å². The second-order valence-corrected chi connectivity index (χ2v) is 7.17. The summed E-state index contributed by atoms with van der Waals surface area (Å²) in [6.45, 7) is 4.79. The van der Waals surface area contributed by atoms with E-state index < -0.39 is 0 Å². The van der Waals surface area contributed by atoms with Crippen molar-refractivity contribution < 1.29 is 13.9 Å². The molecule has 0 amide bonds. The fraction of sp³-hybridized carbons (Fsp3) is 0.400. The van der Waals surface area contributed by atoms with E-state index in [4.69, 9.17) is 9.47 Å². The van der Waals surface area contributed by atoms with E-state index in [0.717, 1.165) is 55.2 Å². The molecule has 0 aliphatic carbocycles. The van der Waals surface area contributed by atoms with Crippen molar-refractivity contribution in [3.63, 3.8) is 0 Å². The van der Waals surface area contributed by atoms with Gasteiger partial charge in [-0.1, -0.05) is 18.2 Å². The van der Waals surface area contributed by atoms with E-state index in [2.05, 4.69) is 38.3 Å². The summed E-state index contributed by atoms with van der Waals surface area (Å²) in [6.07, 6.45) is 0. The Hall–Kier alpha value is -1.18. The van der Waals surface area contributed by atoms with E-state index in [0.29, 0.717) is 0 Å². The van der Waals surface area contributed by atoms with Gasteiger partial charge in [0, 0.05) is 32.2 Å². The Bertz CT molecular complexity index is 712. The van der Waals surface area contributed by atoms with Crippen LogP contribution >= 0.6 is 28.3 Å². The van der Waals surface area contributed by atoms with Gasteiger partial charge in [0.15, 0.2) is 0 Å². The zero-order chi connectivity index (χ0) is 18.4. The highest BCUT2D eigenvalue weighted by Gasteiger charge is 2.22. The minimum Gasteiger partial charge on any atom is -0.496 e. The molecule has 1 saturated heterocycles. The third-order valence-corrected chi connectivity index (χ3v) is 5.24. The van der Waals surface area contributed by atoms with Crippen molar-refractivity contribution >= 4 is 28.3 Å². The molecule has 4 nitrogen and oxygen atoms in total. The Labute approximate surface area is 174 Å². The lowest BCUT2D eigenvalue weighted by Gasteiger charge is -2.35. The van der Waals surface area contributed by atoms with Crippen LogP contribution in [0, 0.1) is 5.82 Å². The molecular weight excluding hydrogens is 435 g/mol. The lowest BCUT2D eigenvalue weighted by molar-refractivity contribution is 0.0161. The summed E-state index contributed by atoms with van der Waals surface area (Å²) >= 11 is 3.52. The molecule has 1 atom stereocenters. The molecule has 1 aliphatic rings. The predicted molar refractivity (Wildman–Crippen MR) is 111 cm³/mol. The van der Waals surface area contributed by atoms with Gasteiger partial charge in [-0.3, -0.25) is 4.90 Å². The summed E-state index contributed by atoms with van der Waals surface area (Å²) in [5.74, 6) is 0.622. The summed E-state index contributed by atoms with van der Waals surface area (Å²) in [6, 6.07) is 13.1. The van der Waals surface area contributed by atoms with Crippen LogP contribution in [0.5, 0.6) is 5.75 Å². The molecule has 27 heavy (non-hydrogen) atoms. The van der Waals surface area contributed by atoms with Crippen molar-refractivity contribution in [2.75, 3.05) is 40.0 Å². The van der Waals surface area contributed by atoms with Crippen LogP contribution in [0.3, 0.4) is 0 Å². The summed E-state index contributed by atoms with van der Waals surface area (Å²) in [5.41, 5.74) is 2.30. The van der Waals surface area contributed by atoms with Gasteiger partial charge in [0.25, 0.3) is 0 Å². The number of rotatable bonds is 7. The molecule has 3 rings (SSSR count). The molecule has 7 heteroatoms. The molecule has 0 bridgehead atoms. The Morgan fingerprint density at radius 3 is 2.52 bits per heavy atom. The molecule has 1 unspecified atom stereocenters. The van der Waals surface area contributed by atoms with Gasteiger partial charge in [-0.05, 0) is 51.3 Å². The van der Waals surface area contributed by atoms with Gasteiger partial charge in [0.1, 0.15) is 11.6 Å². The summed E-state index contributed by atoms with van der Waals surface area (Å²) in [4.78, 5) is 2.40. The zero-order valence-electron chi connectivity index (χ0n) is 15.3. The number of ether oxygens (including phenoxy) is 2. The zero-order valence-corrected chi connectivity index (χ0v) is 17.7. The molecule has 148 valence electrons. The van der Waals surface area contributed by atoms with Crippen LogP contribution in [-0.4, -0.2) is 44.9 Å². The topological polar surface area (TPSA) is 33.7 Å². The summed E-state index contributed by atoms with van der Waals surface area (Å²) in [5, 5.41) is 3.54. The normalized spacial score (nSPS) is 15.8. The smallest absolute Gasteiger partial charge is 0.133 e. The van der Waals surface area contributed by atoms with E-state index in [1.165, 1.54) is 17.7 Å². The number of morpholine rings is 1. The lowest BCUT2D eigenvalue weighted by atomic mass is 10.0. The molecule has 2 aromatic rings. The van der Waals surface area contributed by atoms with Crippen molar-refractivity contribution in [2.45, 2.75) is 12.6 Å². The van der Waals surface area contributed by atoms with Crippen LogP contribution in [-0.2, 0) is 11.3 Å². The molecule has 0 aromatic heterocycles. The molecule has 1 fully saturated rings. The number of nitrogens with zero attached hydrogens (tertiary/aromatic N) is 1. The monoisotopic (exact) mass is 458 g/mol. The number of nitrogens with one attached hydrogen (secondary N) is 1. The van der Waals surface area contributed by atoms with Crippen LogP contribution in [0.2, 0.25) is 0 Å². The average molecular weight is 460 g/mol. The first-order valence-corrected chi connectivity index (χ1v) is 9.57. The number of halogens is 3. The second-order valence-electron chi connectivity index (χ2n) is 6.32. The van der Waals surface area contributed by atoms with E-state index in [1.54, 1.807) is 7.11 Å². The molecule has 1 aliphatic heterocycles. The van der Waals surface area contributed by atoms with Gasteiger partial charge in [-0.15, -0.1) is 12.4 Å². The van der Waals surface area contributed by atoms with Crippen molar-refractivity contribution in [1.82, 2.24) is 10.2 Å². The first-order valence-electron chi connectivity index (χ1n) is 8.78. The Morgan fingerprint density at radius 1 is 1.19 bits per heavy atom. The van der Waals surface area contributed by atoms with Gasteiger partial charge in [0.05, 0.1) is 24.8 Å². The highest BCUT2D eigenvalue weighted by molar-refractivity contribution is 9.10. The fourth-order valence-electron chi connectivity index (χ4n) is 3.20. The molecule has 0 saturated carbocycles. The summed E-state index contributed by atoms with van der Waals surface area (Å²) < 4.78 is 25.0. The van der Waals surface area contributed by atoms with Gasteiger partial charge in [0.2, 0.25) is 0 Å². The van der Waals surface area contributed by atoms with E-state index in [9.17, 15) is 4.39 Å². The number of benzene rings is 2. The van der Waals surface area contributed by atoms with Gasteiger partial charge in [-0.2, -0.15) is 0 Å². The lowest BCUT2D eigenvalue weighted by Crippen LogP contribution is -2.42. The summed E-state index contributed by atoms with van der Waals surface area (Å²) in [7, 11) is 1.66. The van der Waals surface area contributed by atoms with Gasteiger partial charge < -0.3 is 14.8 Å². The number of methoxy groups -OCH3 is 1. The third kappa shape index (κ3) is 6.16. The number of hydrogen-bond donors (Lipinski definition) is 1. The molecule has 1 heterocycles. The van der Waals surface area contributed by atoms with Crippen molar-refractivity contribution in [3.05, 3.63) is 63.9 Å². The maximum absolute atomic E-state index is 13.3. The Morgan fingerprint density at radius 2 is 1.89 bits per heavy atom. The SMILES string of the molecule is COc1ccc(CNCC(c2ccc(F)cc2)N2CCOCC2)cc1Br.Cl. The highest BCUT2D eigenvalue weighted by atomic mass is 79.9. The quantitative estimate of drug-likeness (QED) is 0.673. The van der Waals surface area contributed by atoms with Gasteiger partial charge >= 0.3 is 0 Å². The third-order valence-electron chi connectivity index (χ3n) is 4.62. The van der Waals surface area contributed by atoms with Crippen molar-refractivity contribution in [2.24, 2.45) is 0 Å². The van der Waals surface area contributed by atoms with E-state index in [1.807, 2.05) is 18.2 Å². The Kier molecular flexibility index (Phi) is 8.99.